The number of hydrogen-bond acceptors (Lipinski definition) is 5. The first-order valence-electron chi connectivity index (χ1n) is 8.51. The summed E-state index contributed by atoms with van der Waals surface area (Å²) >= 11 is 0. The molecule has 1 atom stereocenters. The topological polar surface area (TPSA) is 73.7 Å². The van der Waals surface area contributed by atoms with Gasteiger partial charge in [-0.2, -0.15) is 0 Å². The number of hydrogen-bond donors (Lipinski definition) is 0. The van der Waals surface area contributed by atoms with E-state index in [0.717, 1.165) is 12.8 Å². The molecule has 1 aromatic rings. The molecule has 3 rings (SSSR count). The maximum absolute atomic E-state index is 12.6. The molecule has 0 spiro atoms. The van der Waals surface area contributed by atoms with Crippen LogP contribution in [-0.4, -0.2) is 44.8 Å². The molecule has 1 fully saturated rings. The molecule has 1 aliphatic carbocycles. The molecule has 132 valence electrons. The first-order valence-corrected chi connectivity index (χ1v) is 8.51. The van der Waals surface area contributed by atoms with Gasteiger partial charge in [-0.05, 0) is 46.5 Å². The number of ether oxygens (including phenoxy) is 2. The molecule has 2 aliphatic rings. The fraction of sp³-hybridized carbons (Fsp3) is 0.706. The van der Waals surface area contributed by atoms with E-state index in [-0.39, 0.29) is 18.1 Å². The van der Waals surface area contributed by atoms with Crippen LogP contribution >= 0.6 is 0 Å². The third kappa shape index (κ3) is 3.39. The molecule has 1 saturated carbocycles. The van der Waals surface area contributed by atoms with Crippen molar-refractivity contribution in [1.82, 2.24) is 14.5 Å². The zero-order chi connectivity index (χ0) is 17.5. The number of imidazole rings is 1. The van der Waals surface area contributed by atoms with E-state index in [1.807, 2.05) is 25.3 Å². The van der Waals surface area contributed by atoms with Crippen molar-refractivity contribution in [3.63, 3.8) is 0 Å². The van der Waals surface area contributed by atoms with Crippen molar-refractivity contribution < 1.29 is 19.1 Å². The molecule has 24 heavy (non-hydrogen) atoms. The molecule has 0 saturated heterocycles. The SMILES string of the molecule is CCOC(=O)c1cnc2n1CC(C1CC1)N(C(=O)OC(C)(C)C)C2. The molecule has 2 heterocycles. The summed E-state index contributed by atoms with van der Waals surface area (Å²) in [6.45, 7) is 8.61. The molecule has 1 aliphatic heterocycles. The van der Waals surface area contributed by atoms with E-state index in [4.69, 9.17) is 9.47 Å². The largest absolute Gasteiger partial charge is 0.461 e. The summed E-state index contributed by atoms with van der Waals surface area (Å²) in [7, 11) is 0. The average Bonchev–Trinajstić information content (AvgIpc) is 3.24. The van der Waals surface area contributed by atoms with E-state index >= 15 is 0 Å². The number of amides is 1. The Morgan fingerprint density at radius 2 is 2.04 bits per heavy atom. The van der Waals surface area contributed by atoms with Crippen LogP contribution in [-0.2, 0) is 22.6 Å². The number of fused-ring (bicyclic) bond motifs is 1. The molecule has 7 heteroatoms. The summed E-state index contributed by atoms with van der Waals surface area (Å²) in [6.07, 6.45) is 3.42. The van der Waals surface area contributed by atoms with Gasteiger partial charge in [-0.15, -0.1) is 0 Å². The van der Waals surface area contributed by atoms with Crippen LogP contribution < -0.4 is 0 Å². The van der Waals surface area contributed by atoms with Crippen molar-refractivity contribution >= 4 is 12.1 Å². The lowest BCUT2D eigenvalue weighted by molar-refractivity contribution is 0.00374. The maximum Gasteiger partial charge on any atom is 0.411 e. The summed E-state index contributed by atoms with van der Waals surface area (Å²) in [4.78, 5) is 30.7. The predicted molar refractivity (Wildman–Crippen MR) is 86.5 cm³/mol. The van der Waals surface area contributed by atoms with Crippen LogP contribution in [0.4, 0.5) is 4.79 Å². The highest BCUT2D eigenvalue weighted by atomic mass is 16.6. The monoisotopic (exact) mass is 335 g/mol. The van der Waals surface area contributed by atoms with Crippen LogP contribution in [0.5, 0.6) is 0 Å². The minimum Gasteiger partial charge on any atom is -0.461 e. The summed E-state index contributed by atoms with van der Waals surface area (Å²) in [5, 5.41) is 0. The number of aromatic nitrogens is 2. The van der Waals surface area contributed by atoms with Crippen LogP contribution in [0.15, 0.2) is 6.20 Å². The van der Waals surface area contributed by atoms with Gasteiger partial charge in [0.25, 0.3) is 0 Å². The molecular weight excluding hydrogens is 310 g/mol. The standard InChI is InChI=1S/C17H25N3O4/c1-5-23-15(21)12-8-18-14-10-20(16(22)24-17(2,3)4)13(9-19(12)14)11-6-7-11/h8,11,13H,5-7,9-10H2,1-4H3. The second-order valence-electron chi connectivity index (χ2n) is 7.40. The van der Waals surface area contributed by atoms with Crippen molar-refractivity contribution in [2.24, 2.45) is 5.92 Å². The lowest BCUT2D eigenvalue weighted by Gasteiger charge is -2.37. The Labute approximate surface area is 141 Å². The Balaban J connectivity index is 1.84. The van der Waals surface area contributed by atoms with Crippen molar-refractivity contribution in [2.45, 2.75) is 65.3 Å². The highest BCUT2D eigenvalue weighted by molar-refractivity contribution is 5.87. The fourth-order valence-electron chi connectivity index (χ4n) is 3.07. The van der Waals surface area contributed by atoms with Gasteiger partial charge < -0.3 is 14.0 Å². The Hall–Kier alpha value is -2.05. The van der Waals surface area contributed by atoms with Gasteiger partial charge in [0.15, 0.2) is 0 Å². The Morgan fingerprint density at radius 3 is 2.62 bits per heavy atom. The minimum atomic E-state index is -0.534. The van der Waals surface area contributed by atoms with E-state index in [0.29, 0.717) is 37.1 Å². The lowest BCUT2D eigenvalue weighted by Crippen LogP contribution is -2.49. The molecule has 1 unspecified atom stereocenters. The number of carbonyl (C=O) groups excluding carboxylic acids is 2. The third-order valence-corrected chi connectivity index (χ3v) is 4.30. The summed E-state index contributed by atoms with van der Waals surface area (Å²) in [6, 6.07) is 0.0368. The van der Waals surface area contributed by atoms with Gasteiger partial charge in [0.05, 0.1) is 25.4 Å². The van der Waals surface area contributed by atoms with E-state index in [9.17, 15) is 9.59 Å². The number of esters is 1. The molecule has 7 nitrogen and oxygen atoms in total. The van der Waals surface area contributed by atoms with Gasteiger partial charge in [-0.25, -0.2) is 14.6 Å². The number of rotatable bonds is 3. The number of nitrogens with zero attached hydrogens (tertiary/aromatic N) is 3. The van der Waals surface area contributed by atoms with Crippen molar-refractivity contribution in [3.05, 3.63) is 17.7 Å². The third-order valence-electron chi connectivity index (χ3n) is 4.30. The average molecular weight is 335 g/mol. The van der Waals surface area contributed by atoms with Crippen molar-refractivity contribution in [1.29, 1.82) is 0 Å². The van der Waals surface area contributed by atoms with E-state index < -0.39 is 5.60 Å². The van der Waals surface area contributed by atoms with Crippen LogP contribution in [0.1, 0.15) is 56.8 Å². The molecule has 1 aromatic heterocycles. The predicted octanol–water partition coefficient (Wildman–Crippen LogP) is 2.59. The maximum atomic E-state index is 12.6. The van der Waals surface area contributed by atoms with Crippen LogP contribution in [0.2, 0.25) is 0 Å². The Kier molecular flexibility index (Phi) is 4.27. The minimum absolute atomic E-state index is 0.0368. The van der Waals surface area contributed by atoms with E-state index in [2.05, 4.69) is 4.98 Å². The van der Waals surface area contributed by atoms with Gasteiger partial charge in [-0.3, -0.25) is 4.90 Å². The lowest BCUT2D eigenvalue weighted by atomic mass is 10.1. The molecule has 0 N–H and O–H groups in total. The van der Waals surface area contributed by atoms with Crippen molar-refractivity contribution in [2.75, 3.05) is 6.61 Å². The second kappa shape index (κ2) is 6.11. The molecule has 0 radical (unpaired) electrons. The van der Waals surface area contributed by atoms with Crippen LogP contribution in [0.25, 0.3) is 0 Å². The molecule has 0 aromatic carbocycles. The summed E-state index contributed by atoms with van der Waals surface area (Å²) in [5.74, 6) is 0.792. The normalized spacial score (nSPS) is 20.5. The Morgan fingerprint density at radius 1 is 1.33 bits per heavy atom. The van der Waals surface area contributed by atoms with Crippen LogP contribution in [0, 0.1) is 5.92 Å². The molecular formula is C17H25N3O4. The highest BCUT2D eigenvalue weighted by Gasteiger charge is 2.43. The first kappa shape index (κ1) is 16.8. The van der Waals surface area contributed by atoms with E-state index in [1.165, 1.54) is 6.20 Å². The molecule has 0 bridgehead atoms. The van der Waals surface area contributed by atoms with Crippen molar-refractivity contribution in [3.8, 4) is 0 Å². The van der Waals surface area contributed by atoms with Gasteiger partial charge in [0.2, 0.25) is 0 Å². The Bertz CT molecular complexity index is 643. The second-order valence-corrected chi connectivity index (χ2v) is 7.40. The van der Waals surface area contributed by atoms with Crippen LogP contribution in [0.3, 0.4) is 0 Å². The zero-order valence-corrected chi connectivity index (χ0v) is 14.7. The fourth-order valence-corrected chi connectivity index (χ4v) is 3.07. The first-order chi connectivity index (χ1) is 11.3. The van der Waals surface area contributed by atoms with E-state index in [1.54, 1.807) is 11.8 Å². The quantitative estimate of drug-likeness (QED) is 0.794. The summed E-state index contributed by atoms with van der Waals surface area (Å²) in [5.41, 5.74) is -0.0740. The van der Waals surface area contributed by atoms with Gasteiger partial charge >= 0.3 is 12.1 Å². The molecule has 1 amide bonds. The zero-order valence-electron chi connectivity index (χ0n) is 14.7. The van der Waals surface area contributed by atoms with Gasteiger partial charge in [0.1, 0.15) is 17.1 Å². The number of carbonyl (C=O) groups is 2. The van der Waals surface area contributed by atoms with Gasteiger partial charge in [-0.1, -0.05) is 0 Å². The smallest absolute Gasteiger partial charge is 0.411 e. The highest BCUT2D eigenvalue weighted by Crippen LogP contribution is 2.39. The van der Waals surface area contributed by atoms with Gasteiger partial charge in [0, 0.05) is 6.54 Å². The summed E-state index contributed by atoms with van der Waals surface area (Å²) < 4.78 is 12.5.